The van der Waals surface area contributed by atoms with Crippen molar-refractivity contribution in [3.8, 4) is 0 Å². The normalized spacial score (nSPS) is 42.6. The van der Waals surface area contributed by atoms with Crippen LogP contribution >= 0.6 is 0 Å². The molecule has 1 amide bonds. The lowest BCUT2D eigenvalue weighted by atomic mass is 9.69. The van der Waals surface area contributed by atoms with E-state index in [1.54, 1.807) is 6.08 Å². The number of nitrogens with one attached hydrogen (secondary N) is 1. The minimum absolute atomic E-state index is 0.0786. The Hall–Kier alpha value is -3.00. The monoisotopic (exact) mass is 544 g/mol. The Morgan fingerprint density at radius 3 is 2.62 bits per heavy atom. The number of ether oxygens (including phenoxy) is 3. The van der Waals surface area contributed by atoms with Gasteiger partial charge in [-0.05, 0) is 24.5 Å². The van der Waals surface area contributed by atoms with E-state index >= 15 is 0 Å². The van der Waals surface area contributed by atoms with E-state index in [0.717, 1.165) is 11.3 Å². The highest BCUT2D eigenvalue weighted by Crippen LogP contribution is 2.51. The fraction of sp³-hybridized carbons (Fsp3) is 0.556. The number of hydrogen-bond acceptors (Lipinski definition) is 10. The molecule has 12 heteroatoms. The molecule has 2 unspecified atom stereocenters. The summed E-state index contributed by atoms with van der Waals surface area (Å²) in [6.45, 7) is 3.30. The van der Waals surface area contributed by atoms with Crippen LogP contribution in [0.4, 0.5) is 5.69 Å². The molecule has 5 aliphatic heterocycles. The van der Waals surface area contributed by atoms with Crippen LogP contribution < -0.4 is 5.32 Å². The number of anilines is 1. The molecule has 12 atom stereocenters. The van der Waals surface area contributed by atoms with Crippen molar-refractivity contribution in [3.05, 3.63) is 54.3 Å². The molecular formula is C27H32N2O10. The summed E-state index contributed by atoms with van der Waals surface area (Å²) in [6, 6.07) is 6.17. The van der Waals surface area contributed by atoms with Crippen LogP contribution in [0.25, 0.3) is 0 Å². The van der Waals surface area contributed by atoms with Crippen molar-refractivity contribution in [1.82, 2.24) is 4.90 Å². The number of hydrogen-bond donors (Lipinski definition) is 6. The summed E-state index contributed by atoms with van der Waals surface area (Å²) in [5, 5.41) is 53.8. The lowest BCUT2D eigenvalue weighted by Gasteiger charge is -2.53. The number of nitrogens with zero attached hydrogens (tertiary/aromatic N) is 1. The Balaban J connectivity index is 1.29. The fourth-order valence-corrected chi connectivity index (χ4v) is 6.92. The first-order valence-electron chi connectivity index (χ1n) is 13.1. The Labute approximate surface area is 224 Å². The van der Waals surface area contributed by atoms with Gasteiger partial charge in [0.15, 0.2) is 6.29 Å². The largest absolute Gasteiger partial charge is 0.480 e. The molecule has 3 saturated heterocycles. The molecule has 6 N–H and O–H groups in total. The Kier molecular flexibility index (Phi) is 6.64. The smallest absolute Gasteiger partial charge is 0.326 e. The summed E-state index contributed by atoms with van der Waals surface area (Å²) >= 11 is 0. The SMILES string of the molecule is C=C[C@H]1[C@H](O[C@@H]2O[C@H](CO)[C@@H](O)[C@H](O)[C@H]2O)OC=C2C(=O)N3[C@H](C(=O)O)CC4c5ccccc5NC4[C@@H]3C[C@H]21. The van der Waals surface area contributed by atoms with Gasteiger partial charge in [0.05, 0.1) is 30.5 Å². The number of carboxylic acid groups (broad SMARTS) is 1. The summed E-state index contributed by atoms with van der Waals surface area (Å²) in [4.78, 5) is 27.6. The summed E-state index contributed by atoms with van der Waals surface area (Å²) in [5.74, 6) is -2.58. The number of piperidine rings is 2. The van der Waals surface area contributed by atoms with Gasteiger partial charge in [-0.1, -0.05) is 24.3 Å². The predicted molar refractivity (Wildman–Crippen MR) is 133 cm³/mol. The topological polar surface area (TPSA) is 178 Å². The molecule has 5 aliphatic rings. The highest BCUT2D eigenvalue weighted by Gasteiger charge is 2.57. The molecule has 0 saturated carbocycles. The molecule has 1 aromatic carbocycles. The molecular weight excluding hydrogens is 512 g/mol. The molecule has 0 aromatic heterocycles. The predicted octanol–water partition coefficient (Wildman–Crippen LogP) is -0.503. The van der Waals surface area contributed by atoms with Gasteiger partial charge in [-0.25, -0.2) is 4.79 Å². The van der Waals surface area contributed by atoms with Crippen molar-refractivity contribution in [1.29, 1.82) is 0 Å². The van der Waals surface area contributed by atoms with Crippen molar-refractivity contribution in [2.75, 3.05) is 11.9 Å². The summed E-state index contributed by atoms with van der Waals surface area (Å²) in [7, 11) is 0. The maximum Gasteiger partial charge on any atom is 0.326 e. The lowest BCUT2D eigenvalue weighted by molar-refractivity contribution is -0.339. The van der Waals surface area contributed by atoms with E-state index in [4.69, 9.17) is 14.2 Å². The first kappa shape index (κ1) is 26.2. The fourth-order valence-electron chi connectivity index (χ4n) is 6.92. The van der Waals surface area contributed by atoms with Gasteiger partial charge in [0.2, 0.25) is 6.29 Å². The number of carbonyl (C=O) groups is 2. The number of aliphatic carboxylic acids is 1. The number of para-hydroxylation sites is 1. The molecule has 0 bridgehead atoms. The van der Waals surface area contributed by atoms with Crippen molar-refractivity contribution in [2.45, 2.75) is 73.9 Å². The third kappa shape index (κ3) is 4.05. The second-order valence-electron chi connectivity index (χ2n) is 10.8. The number of carboxylic acids is 1. The first-order chi connectivity index (χ1) is 18.7. The quantitative estimate of drug-likeness (QED) is 0.263. The molecule has 5 heterocycles. The number of aliphatic hydroxyl groups is 4. The highest BCUT2D eigenvalue weighted by molar-refractivity contribution is 5.98. The average Bonchev–Trinajstić information content (AvgIpc) is 3.31. The van der Waals surface area contributed by atoms with E-state index in [-0.39, 0.29) is 12.0 Å². The molecule has 0 radical (unpaired) electrons. The van der Waals surface area contributed by atoms with Gasteiger partial charge in [-0.15, -0.1) is 6.58 Å². The van der Waals surface area contributed by atoms with Gasteiger partial charge in [0.1, 0.15) is 30.5 Å². The van der Waals surface area contributed by atoms with Crippen molar-refractivity contribution in [2.24, 2.45) is 11.8 Å². The molecule has 6 rings (SSSR count). The zero-order valence-electron chi connectivity index (χ0n) is 20.9. The summed E-state index contributed by atoms with van der Waals surface area (Å²) in [6.07, 6.45) is -4.88. The molecule has 39 heavy (non-hydrogen) atoms. The van der Waals surface area contributed by atoms with Crippen LogP contribution in [0.2, 0.25) is 0 Å². The van der Waals surface area contributed by atoms with Gasteiger partial charge < -0.3 is 50.0 Å². The van der Waals surface area contributed by atoms with Crippen LogP contribution in [0.1, 0.15) is 24.3 Å². The maximum atomic E-state index is 13.8. The number of carbonyl (C=O) groups excluding carboxylic acids is 1. The van der Waals surface area contributed by atoms with E-state index in [9.17, 15) is 35.1 Å². The Bertz CT molecular complexity index is 1190. The van der Waals surface area contributed by atoms with Crippen molar-refractivity contribution < 1.29 is 49.3 Å². The van der Waals surface area contributed by atoms with Crippen LogP contribution in [0.5, 0.6) is 0 Å². The zero-order valence-corrected chi connectivity index (χ0v) is 20.9. The zero-order chi connectivity index (χ0) is 27.6. The van der Waals surface area contributed by atoms with E-state index < -0.39 is 79.4 Å². The van der Waals surface area contributed by atoms with Gasteiger partial charge in [-0.2, -0.15) is 0 Å². The van der Waals surface area contributed by atoms with Crippen LogP contribution in [0, 0.1) is 11.8 Å². The lowest BCUT2D eigenvalue weighted by Crippen LogP contribution is -2.66. The maximum absolute atomic E-state index is 13.8. The van der Waals surface area contributed by atoms with E-state index in [1.165, 1.54) is 11.2 Å². The van der Waals surface area contributed by atoms with Crippen molar-refractivity contribution in [3.63, 3.8) is 0 Å². The second-order valence-corrected chi connectivity index (χ2v) is 10.8. The summed E-state index contributed by atoms with van der Waals surface area (Å²) in [5.41, 5.74) is 2.28. The van der Waals surface area contributed by atoms with Crippen LogP contribution in [-0.2, 0) is 23.8 Å². The van der Waals surface area contributed by atoms with E-state index in [1.807, 2.05) is 24.3 Å². The molecule has 3 fully saturated rings. The van der Waals surface area contributed by atoms with Crippen LogP contribution in [0.15, 0.2) is 48.8 Å². The third-order valence-electron chi connectivity index (χ3n) is 8.86. The standard InChI is InChI=1S/C27H32N2O10/c1-2-11-13-7-17-20-14(12-5-3-4-6-16(12)28-20)8-18(25(35)36)29(17)24(34)15(13)10-37-26(11)39-27-23(33)22(32)21(31)19(9-30)38-27/h2-6,10-11,13-14,17-23,26-28,30-33H,1,7-9H2,(H,35,36)/t11-,13+,14?,17+,18+,19-,20?,21-,22+,23-,26+,27+/m1/s1. The Morgan fingerprint density at radius 2 is 1.90 bits per heavy atom. The highest BCUT2D eigenvalue weighted by atomic mass is 16.8. The van der Waals surface area contributed by atoms with Crippen molar-refractivity contribution >= 4 is 17.6 Å². The number of rotatable bonds is 5. The number of benzene rings is 1. The molecule has 0 aliphatic carbocycles. The number of aliphatic hydroxyl groups excluding tert-OH is 4. The summed E-state index contributed by atoms with van der Waals surface area (Å²) < 4.78 is 17.1. The molecule has 12 nitrogen and oxygen atoms in total. The van der Waals surface area contributed by atoms with Gasteiger partial charge in [-0.3, -0.25) is 4.79 Å². The van der Waals surface area contributed by atoms with Gasteiger partial charge >= 0.3 is 5.97 Å². The second kappa shape index (κ2) is 9.88. The van der Waals surface area contributed by atoms with E-state index in [0.29, 0.717) is 18.4 Å². The molecule has 1 aromatic rings. The average molecular weight is 545 g/mol. The number of fused-ring (bicyclic) bond motifs is 6. The first-order valence-corrected chi connectivity index (χ1v) is 13.1. The molecule has 210 valence electrons. The third-order valence-corrected chi connectivity index (χ3v) is 8.86. The van der Waals surface area contributed by atoms with Gasteiger partial charge in [0, 0.05) is 23.4 Å². The minimum Gasteiger partial charge on any atom is -0.480 e. The Morgan fingerprint density at radius 1 is 1.13 bits per heavy atom. The van der Waals surface area contributed by atoms with Crippen LogP contribution in [-0.4, -0.2) is 104 Å². The van der Waals surface area contributed by atoms with Gasteiger partial charge in [0.25, 0.3) is 5.91 Å². The molecule has 0 spiro atoms. The van der Waals surface area contributed by atoms with Crippen LogP contribution in [0.3, 0.4) is 0 Å². The van der Waals surface area contributed by atoms with E-state index in [2.05, 4.69) is 11.9 Å². The number of amides is 1. The minimum atomic E-state index is -1.62.